The summed E-state index contributed by atoms with van der Waals surface area (Å²) >= 11 is 0. The van der Waals surface area contributed by atoms with Gasteiger partial charge in [-0.15, -0.1) is 6.42 Å². The van der Waals surface area contributed by atoms with E-state index in [1.807, 2.05) is 0 Å². The maximum atomic E-state index is 12.4. The minimum absolute atomic E-state index is 0.0904. The van der Waals surface area contributed by atoms with Crippen LogP contribution in [0, 0.1) is 12.3 Å². The smallest absolute Gasteiger partial charge is 0.262 e. The second kappa shape index (κ2) is 5.41. The van der Waals surface area contributed by atoms with Gasteiger partial charge in [0.2, 0.25) is 5.88 Å². The predicted molar refractivity (Wildman–Crippen MR) is 76.6 cm³/mol. The van der Waals surface area contributed by atoms with E-state index in [4.69, 9.17) is 11.2 Å². The lowest BCUT2D eigenvalue weighted by atomic mass is 9.93. The van der Waals surface area contributed by atoms with Crippen LogP contribution >= 0.6 is 0 Å². The highest BCUT2D eigenvalue weighted by Crippen LogP contribution is 2.35. The van der Waals surface area contributed by atoms with Gasteiger partial charge in [0.25, 0.3) is 11.8 Å². The van der Waals surface area contributed by atoms with Crippen LogP contribution in [-0.2, 0) is 9.59 Å². The van der Waals surface area contributed by atoms with Crippen molar-refractivity contribution in [1.82, 2.24) is 4.98 Å². The zero-order valence-electron chi connectivity index (χ0n) is 11.5. The van der Waals surface area contributed by atoms with Crippen molar-refractivity contribution in [2.75, 3.05) is 11.5 Å². The quantitative estimate of drug-likeness (QED) is 0.627. The van der Waals surface area contributed by atoms with Crippen molar-refractivity contribution < 1.29 is 14.3 Å². The number of hydrogen-bond donors (Lipinski definition) is 0. The number of pyridine rings is 1. The molecule has 0 saturated heterocycles. The number of imide groups is 1. The molecular weight excluding hydrogens is 268 g/mol. The average Bonchev–Trinajstić information content (AvgIpc) is 2.78. The second-order valence-electron chi connectivity index (χ2n) is 4.94. The number of ether oxygens (including phenoxy) is 1. The molecule has 2 amide bonds. The van der Waals surface area contributed by atoms with E-state index in [2.05, 4.69) is 10.9 Å². The maximum absolute atomic E-state index is 12.4. The van der Waals surface area contributed by atoms with Crippen LogP contribution in [0.25, 0.3) is 0 Å². The molecule has 0 bridgehead atoms. The average molecular weight is 282 g/mol. The summed E-state index contributed by atoms with van der Waals surface area (Å²) in [7, 11) is 0. The number of terminal acetylenes is 1. The van der Waals surface area contributed by atoms with Crippen LogP contribution in [0.5, 0.6) is 5.88 Å². The predicted octanol–water partition coefficient (Wildman–Crippen LogP) is 1.84. The molecule has 0 saturated carbocycles. The highest BCUT2D eigenvalue weighted by Gasteiger charge is 2.40. The summed E-state index contributed by atoms with van der Waals surface area (Å²) in [6.45, 7) is 0.0904. The van der Waals surface area contributed by atoms with Gasteiger partial charge < -0.3 is 4.74 Å². The second-order valence-corrected chi connectivity index (χ2v) is 4.94. The monoisotopic (exact) mass is 282 g/mol. The van der Waals surface area contributed by atoms with Gasteiger partial charge in [-0.3, -0.25) is 9.59 Å². The van der Waals surface area contributed by atoms with E-state index in [0.29, 0.717) is 29.9 Å². The van der Waals surface area contributed by atoms with E-state index in [0.717, 1.165) is 17.7 Å². The van der Waals surface area contributed by atoms with Crippen LogP contribution < -0.4 is 9.64 Å². The molecule has 21 heavy (non-hydrogen) atoms. The van der Waals surface area contributed by atoms with E-state index in [-0.39, 0.29) is 24.2 Å². The van der Waals surface area contributed by atoms with Crippen molar-refractivity contribution in [1.29, 1.82) is 0 Å². The standard InChI is InChI=1S/C16H14N2O3/c1-2-10-21-14-9-5-8-13(17-14)18-15(19)11-6-3-4-7-12(11)16(18)20/h1,5,8-9H,3-4,6-7,10H2. The Labute approximate surface area is 122 Å². The summed E-state index contributed by atoms with van der Waals surface area (Å²) in [4.78, 5) is 30.1. The molecule has 1 aliphatic heterocycles. The molecule has 1 aromatic heterocycles. The molecule has 0 atom stereocenters. The number of aromatic nitrogens is 1. The van der Waals surface area contributed by atoms with Gasteiger partial charge in [-0.1, -0.05) is 12.0 Å². The van der Waals surface area contributed by atoms with Crippen LogP contribution in [0.3, 0.4) is 0 Å². The van der Waals surface area contributed by atoms with Gasteiger partial charge in [0.15, 0.2) is 6.61 Å². The molecule has 5 heteroatoms. The van der Waals surface area contributed by atoms with Gasteiger partial charge in [-0.2, -0.15) is 4.98 Å². The zero-order chi connectivity index (χ0) is 14.8. The zero-order valence-corrected chi connectivity index (χ0v) is 11.5. The summed E-state index contributed by atoms with van der Waals surface area (Å²) in [5.41, 5.74) is 1.28. The first kappa shape index (κ1) is 13.4. The largest absolute Gasteiger partial charge is 0.464 e. The Morgan fingerprint density at radius 1 is 1.19 bits per heavy atom. The van der Waals surface area contributed by atoms with Gasteiger partial charge in [0.05, 0.1) is 0 Å². The van der Waals surface area contributed by atoms with Gasteiger partial charge in [-0.05, 0) is 31.7 Å². The number of amides is 2. The summed E-state index contributed by atoms with van der Waals surface area (Å²) in [5, 5.41) is 0. The van der Waals surface area contributed by atoms with Gasteiger partial charge in [-0.25, -0.2) is 4.90 Å². The normalized spacial score (nSPS) is 17.8. The molecule has 5 nitrogen and oxygen atoms in total. The number of hydrogen-bond acceptors (Lipinski definition) is 4. The topological polar surface area (TPSA) is 59.5 Å². The third kappa shape index (κ3) is 2.29. The molecular formula is C16H14N2O3. The van der Waals surface area contributed by atoms with Crippen LogP contribution in [0.2, 0.25) is 0 Å². The molecule has 1 aliphatic carbocycles. The lowest BCUT2D eigenvalue weighted by Gasteiger charge is -2.14. The molecule has 0 unspecified atom stereocenters. The van der Waals surface area contributed by atoms with Crippen molar-refractivity contribution in [2.45, 2.75) is 25.7 Å². The Balaban J connectivity index is 1.90. The summed E-state index contributed by atoms with van der Waals surface area (Å²) in [5.74, 6) is 2.43. The van der Waals surface area contributed by atoms with E-state index in [1.165, 1.54) is 0 Å². The fourth-order valence-electron chi connectivity index (χ4n) is 2.67. The first-order valence-electron chi connectivity index (χ1n) is 6.86. The van der Waals surface area contributed by atoms with Gasteiger partial charge in [0.1, 0.15) is 5.82 Å². The minimum Gasteiger partial charge on any atom is -0.464 e. The number of carbonyl (C=O) groups excluding carboxylic acids is 2. The SMILES string of the molecule is C#CCOc1cccc(N2C(=O)C3=C(CCCC3)C2=O)n1. The van der Waals surface area contributed by atoms with Crippen LogP contribution in [0.4, 0.5) is 5.82 Å². The molecule has 0 fully saturated rings. The summed E-state index contributed by atoms with van der Waals surface area (Å²) in [6.07, 6.45) is 8.37. The lowest BCUT2D eigenvalue weighted by Crippen LogP contribution is -2.32. The Hall–Kier alpha value is -2.61. The Morgan fingerprint density at radius 2 is 1.86 bits per heavy atom. The van der Waals surface area contributed by atoms with Gasteiger partial charge >= 0.3 is 0 Å². The Morgan fingerprint density at radius 3 is 2.48 bits per heavy atom. The van der Waals surface area contributed by atoms with Gasteiger partial charge in [0, 0.05) is 17.2 Å². The minimum atomic E-state index is -0.253. The highest BCUT2D eigenvalue weighted by molar-refractivity contribution is 6.32. The fourth-order valence-corrected chi connectivity index (χ4v) is 2.67. The Bertz CT molecular complexity index is 657. The van der Waals surface area contributed by atoms with E-state index < -0.39 is 0 Å². The van der Waals surface area contributed by atoms with Crippen molar-refractivity contribution in [3.05, 3.63) is 29.3 Å². The van der Waals surface area contributed by atoms with Crippen molar-refractivity contribution in [3.63, 3.8) is 0 Å². The molecule has 0 spiro atoms. The molecule has 3 rings (SSSR count). The molecule has 2 aliphatic rings. The number of nitrogens with zero attached hydrogens (tertiary/aromatic N) is 2. The maximum Gasteiger partial charge on any atom is 0.262 e. The molecule has 1 aromatic rings. The molecule has 0 aromatic carbocycles. The fraction of sp³-hybridized carbons (Fsp3) is 0.312. The third-order valence-corrected chi connectivity index (χ3v) is 3.63. The summed E-state index contributed by atoms with van der Waals surface area (Å²) in [6, 6.07) is 4.95. The first-order chi connectivity index (χ1) is 10.2. The third-order valence-electron chi connectivity index (χ3n) is 3.63. The number of rotatable bonds is 3. The van der Waals surface area contributed by atoms with E-state index >= 15 is 0 Å². The van der Waals surface area contributed by atoms with Crippen LogP contribution in [0.15, 0.2) is 29.3 Å². The van der Waals surface area contributed by atoms with E-state index in [1.54, 1.807) is 18.2 Å². The van der Waals surface area contributed by atoms with E-state index in [9.17, 15) is 9.59 Å². The van der Waals surface area contributed by atoms with Crippen LogP contribution in [-0.4, -0.2) is 23.4 Å². The molecule has 0 N–H and O–H groups in total. The summed E-state index contributed by atoms with van der Waals surface area (Å²) < 4.78 is 5.23. The number of carbonyl (C=O) groups is 2. The molecule has 0 radical (unpaired) electrons. The van der Waals surface area contributed by atoms with Crippen LogP contribution in [0.1, 0.15) is 25.7 Å². The van der Waals surface area contributed by atoms with Crippen molar-refractivity contribution >= 4 is 17.6 Å². The molecule has 2 heterocycles. The number of anilines is 1. The first-order valence-corrected chi connectivity index (χ1v) is 6.86. The highest BCUT2D eigenvalue weighted by atomic mass is 16.5. The lowest BCUT2D eigenvalue weighted by molar-refractivity contribution is -0.120. The van der Waals surface area contributed by atoms with Crippen molar-refractivity contribution in [3.8, 4) is 18.2 Å². The molecule has 106 valence electrons. The Kier molecular flexibility index (Phi) is 3.44. The van der Waals surface area contributed by atoms with Crippen molar-refractivity contribution in [2.24, 2.45) is 0 Å².